The predicted molar refractivity (Wildman–Crippen MR) is 110 cm³/mol. The molecule has 0 aromatic heterocycles. The lowest BCUT2D eigenvalue weighted by atomic mass is 10.1. The summed E-state index contributed by atoms with van der Waals surface area (Å²) in [7, 11) is -0.732. The molecule has 0 spiro atoms. The quantitative estimate of drug-likeness (QED) is 0.608. The van der Waals surface area contributed by atoms with E-state index in [1.807, 2.05) is 18.2 Å². The molecule has 0 atom stereocenters. The Labute approximate surface area is 175 Å². The number of hydrogen-bond acceptors (Lipinski definition) is 6. The minimum atomic E-state index is -3.88. The summed E-state index contributed by atoms with van der Waals surface area (Å²) in [6.07, 6.45) is 1.35. The van der Waals surface area contributed by atoms with E-state index in [9.17, 15) is 18.0 Å². The average Bonchev–Trinajstić information content (AvgIpc) is 2.95. The maximum absolute atomic E-state index is 12.5. The number of rotatable bonds is 9. The minimum absolute atomic E-state index is 0.00896. The number of fused-ring (bicyclic) bond motifs is 1. The van der Waals surface area contributed by atoms with Gasteiger partial charge >= 0.3 is 0 Å². The molecule has 0 saturated carbocycles. The maximum Gasteiger partial charge on any atom is 0.269 e. The molecule has 0 bridgehead atoms. The van der Waals surface area contributed by atoms with Crippen molar-refractivity contribution >= 4 is 21.8 Å². The van der Waals surface area contributed by atoms with Gasteiger partial charge in [0.2, 0.25) is 5.91 Å². The summed E-state index contributed by atoms with van der Waals surface area (Å²) in [4.78, 5) is 24.4. The van der Waals surface area contributed by atoms with Gasteiger partial charge in [-0.3, -0.25) is 9.59 Å². The first-order valence-corrected chi connectivity index (χ1v) is 11.0. The number of aryl methyl sites for hydroxylation is 1. The molecule has 8 nitrogen and oxygen atoms in total. The van der Waals surface area contributed by atoms with Crippen molar-refractivity contribution in [2.45, 2.75) is 24.2 Å². The fourth-order valence-corrected chi connectivity index (χ4v) is 4.87. The maximum atomic E-state index is 12.5. The van der Waals surface area contributed by atoms with Crippen LogP contribution in [-0.4, -0.2) is 51.8 Å². The highest BCUT2D eigenvalue weighted by Crippen LogP contribution is 2.30. The number of ether oxygens (including phenoxy) is 2. The SMILES string of the molecule is COc1ccc(CCCNC(=O)CCN2C(=O)c3ccccc3S2(=O)=O)cc1OC. The summed E-state index contributed by atoms with van der Waals surface area (Å²) in [5.74, 6) is 0.410. The highest BCUT2D eigenvalue weighted by molar-refractivity contribution is 7.90. The molecule has 1 N–H and O–H groups in total. The first-order valence-electron chi connectivity index (χ1n) is 9.52. The van der Waals surface area contributed by atoms with E-state index in [0.29, 0.717) is 24.5 Å². The van der Waals surface area contributed by atoms with Crippen molar-refractivity contribution in [3.8, 4) is 11.5 Å². The summed E-state index contributed by atoms with van der Waals surface area (Å²) in [5.41, 5.74) is 1.20. The molecule has 0 aliphatic carbocycles. The molecule has 0 radical (unpaired) electrons. The lowest BCUT2D eigenvalue weighted by Gasteiger charge is -2.14. The molecule has 3 rings (SSSR count). The lowest BCUT2D eigenvalue weighted by Crippen LogP contribution is -2.35. The second-order valence-corrected chi connectivity index (χ2v) is 8.60. The van der Waals surface area contributed by atoms with Gasteiger partial charge in [0.15, 0.2) is 11.5 Å². The molecule has 0 fully saturated rings. The molecular formula is C21H24N2O6S. The normalized spacial score (nSPS) is 14.3. The van der Waals surface area contributed by atoms with Gasteiger partial charge in [0.1, 0.15) is 4.90 Å². The summed E-state index contributed by atoms with van der Waals surface area (Å²) in [5, 5.41) is 2.76. The molecule has 1 aliphatic heterocycles. The van der Waals surface area contributed by atoms with Crippen molar-refractivity contribution in [2.24, 2.45) is 0 Å². The van der Waals surface area contributed by atoms with Crippen LogP contribution < -0.4 is 14.8 Å². The molecule has 1 aliphatic rings. The molecule has 1 heterocycles. The number of hydrogen-bond donors (Lipinski definition) is 1. The van der Waals surface area contributed by atoms with E-state index in [0.717, 1.165) is 16.3 Å². The van der Waals surface area contributed by atoms with Gasteiger partial charge in [-0.15, -0.1) is 0 Å². The highest BCUT2D eigenvalue weighted by Gasteiger charge is 2.40. The summed E-state index contributed by atoms with van der Waals surface area (Å²) in [6.45, 7) is 0.255. The smallest absolute Gasteiger partial charge is 0.269 e. The zero-order chi connectivity index (χ0) is 21.7. The summed E-state index contributed by atoms with van der Waals surface area (Å²) in [6, 6.07) is 11.7. The van der Waals surface area contributed by atoms with Crippen LogP contribution in [0.2, 0.25) is 0 Å². The van der Waals surface area contributed by atoms with E-state index in [4.69, 9.17) is 9.47 Å². The molecule has 2 amide bonds. The van der Waals surface area contributed by atoms with Crippen molar-refractivity contribution in [2.75, 3.05) is 27.3 Å². The van der Waals surface area contributed by atoms with E-state index >= 15 is 0 Å². The van der Waals surface area contributed by atoms with Gasteiger partial charge in [-0.25, -0.2) is 12.7 Å². The highest BCUT2D eigenvalue weighted by atomic mass is 32.2. The molecule has 2 aromatic rings. The fourth-order valence-electron chi connectivity index (χ4n) is 3.30. The fraction of sp³-hybridized carbons (Fsp3) is 0.333. The van der Waals surface area contributed by atoms with Crippen molar-refractivity contribution in [1.82, 2.24) is 9.62 Å². The van der Waals surface area contributed by atoms with Gasteiger partial charge < -0.3 is 14.8 Å². The number of carbonyl (C=O) groups excluding carboxylic acids is 2. The first kappa shape index (κ1) is 21.6. The largest absolute Gasteiger partial charge is 0.493 e. The van der Waals surface area contributed by atoms with Crippen LogP contribution in [0.5, 0.6) is 11.5 Å². The summed E-state index contributed by atoms with van der Waals surface area (Å²) < 4.78 is 36.2. The van der Waals surface area contributed by atoms with Gasteiger partial charge in [-0.1, -0.05) is 18.2 Å². The Morgan fingerprint density at radius 2 is 1.80 bits per heavy atom. The Hall–Kier alpha value is -3.07. The van der Waals surface area contributed by atoms with Crippen LogP contribution >= 0.6 is 0 Å². The third-order valence-electron chi connectivity index (χ3n) is 4.87. The topological polar surface area (TPSA) is 102 Å². The summed E-state index contributed by atoms with van der Waals surface area (Å²) >= 11 is 0. The first-order chi connectivity index (χ1) is 14.4. The zero-order valence-corrected chi connectivity index (χ0v) is 17.7. The van der Waals surface area contributed by atoms with E-state index in [2.05, 4.69) is 5.32 Å². The Kier molecular flexibility index (Phi) is 6.61. The van der Waals surface area contributed by atoms with Crippen molar-refractivity contribution in [1.29, 1.82) is 0 Å². The van der Waals surface area contributed by atoms with Gasteiger partial charge in [0, 0.05) is 19.5 Å². The van der Waals surface area contributed by atoms with Crippen LogP contribution in [0.4, 0.5) is 0 Å². The lowest BCUT2D eigenvalue weighted by molar-refractivity contribution is -0.121. The van der Waals surface area contributed by atoms with E-state index < -0.39 is 15.9 Å². The molecular weight excluding hydrogens is 408 g/mol. The third kappa shape index (κ3) is 4.40. The van der Waals surface area contributed by atoms with Crippen LogP contribution in [0.25, 0.3) is 0 Å². The number of nitrogens with one attached hydrogen (secondary N) is 1. The van der Waals surface area contributed by atoms with Crippen LogP contribution in [0.15, 0.2) is 47.4 Å². The van der Waals surface area contributed by atoms with Crippen LogP contribution in [0.3, 0.4) is 0 Å². The van der Waals surface area contributed by atoms with Crippen LogP contribution in [0.1, 0.15) is 28.8 Å². The number of sulfonamides is 1. The Bertz CT molecular complexity index is 1050. The molecule has 2 aromatic carbocycles. The number of carbonyl (C=O) groups is 2. The van der Waals surface area contributed by atoms with Gasteiger partial charge in [-0.05, 0) is 42.7 Å². The molecule has 9 heteroatoms. The molecule has 160 valence electrons. The molecule has 0 saturated heterocycles. The minimum Gasteiger partial charge on any atom is -0.493 e. The number of methoxy groups -OCH3 is 2. The monoisotopic (exact) mass is 432 g/mol. The zero-order valence-electron chi connectivity index (χ0n) is 16.9. The van der Waals surface area contributed by atoms with Crippen molar-refractivity contribution in [3.05, 3.63) is 53.6 Å². The Morgan fingerprint density at radius 1 is 1.07 bits per heavy atom. The van der Waals surface area contributed by atoms with Gasteiger partial charge in [0.25, 0.3) is 15.9 Å². The van der Waals surface area contributed by atoms with Crippen molar-refractivity contribution < 1.29 is 27.5 Å². The second-order valence-electron chi connectivity index (χ2n) is 6.77. The second kappa shape index (κ2) is 9.17. The van der Waals surface area contributed by atoms with Crippen LogP contribution in [0, 0.1) is 0 Å². The Balaban J connectivity index is 1.46. The third-order valence-corrected chi connectivity index (χ3v) is 6.71. The van der Waals surface area contributed by atoms with Gasteiger partial charge in [-0.2, -0.15) is 0 Å². The van der Waals surface area contributed by atoms with E-state index in [1.54, 1.807) is 26.4 Å². The van der Waals surface area contributed by atoms with Gasteiger partial charge in [0.05, 0.1) is 19.8 Å². The van der Waals surface area contributed by atoms with Crippen LogP contribution in [-0.2, 0) is 21.2 Å². The number of amides is 2. The molecule has 0 unspecified atom stereocenters. The van der Waals surface area contributed by atoms with E-state index in [-0.39, 0.29) is 29.3 Å². The molecule has 30 heavy (non-hydrogen) atoms. The van der Waals surface area contributed by atoms with E-state index in [1.165, 1.54) is 12.1 Å². The Morgan fingerprint density at radius 3 is 2.50 bits per heavy atom. The van der Waals surface area contributed by atoms with Crippen molar-refractivity contribution in [3.63, 3.8) is 0 Å². The number of nitrogens with zero attached hydrogens (tertiary/aromatic N) is 1. The predicted octanol–water partition coefficient (Wildman–Crippen LogP) is 1.99. The number of benzene rings is 2. The average molecular weight is 432 g/mol. The standard InChI is InChI=1S/C21H24N2O6S/c1-28-17-10-9-15(14-18(17)29-2)6-5-12-22-20(24)11-13-23-21(25)16-7-3-4-8-19(16)30(23,26)27/h3-4,7-10,14H,5-6,11-13H2,1-2H3,(H,22,24).